The highest BCUT2D eigenvalue weighted by Crippen LogP contribution is 2.47. The SMILES string of the molecule is COc1cccc2c1nc(O[C@@H]1C[C@H]3C(=O)N[C@]4(C(=O)NS(=O)(=O)C5(C)CC5)C[C@H]4/C=C\CCCCC[C@H](Nc4ccccc4)C(=O)N3C1)n2C(C)C. The monoisotopic (exact) mass is 746 g/mol. The largest absolute Gasteiger partial charge is 0.494 e. The zero-order valence-electron chi connectivity index (χ0n) is 30.8. The normalized spacial score (nSPS) is 27.8. The summed E-state index contributed by atoms with van der Waals surface area (Å²) in [7, 11) is -2.36. The second-order valence-electron chi connectivity index (χ2n) is 15.5. The molecule has 2 aromatic carbocycles. The Hall–Kier alpha value is -4.59. The molecule has 2 aliphatic heterocycles. The molecule has 5 atom stereocenters. The van der Waals surface area contributed by atoms with Gasteiger partial charge in [0.2, 0.25) is 21.8 Å². The quantitative estimate of drug-likeness (QED) is 0.260. The van der Waals surface area contributed by atoms with Crippen LogP contribution in [-0.4, -0.2) is 82.7 Å². The van der Waals surface area contributed by atoms with Gasteiger partial charge in [-0.2, -0.15) is 4.98 Å². The number of nitrogens with zero attached hydrogens (tertiary/aromatic N) is 3. The van der Waals surface area contributed by atoms with E-state index in [-0.39, 0.29) is 37.3 Å². The number of nitrogens with one attached hydrogen (secondary N) is 3. The third-order valence-electron chi connectivity index (χ3n) is 11.2. The number of anilines is 1. The van der Waals surface area contributed by atoms with E-state index in [1.165, 1.54) is 0 Å². The lowest BCUT2D eigenvalue weighted by Gasteiger charge is -2.30. The molecule has 1 saturated heterocycles. The molecule has 0 unspecified atom stereocenters. The smallest absolute Gasteiger partial charge is 0.298 e. The van der Waals surface area contributed by atoms with E-state index in [0.29, 0.717) is 36.5 Å². The van der Waals surface area contributed by atoms with Gasteiger partial charge in [-0.3, -0.25) is 23.7 Å². The van der Waals surface area contributed by atoms with Gasteiger partial charge in [-0.15, -0.1) is 0 Å². The molecule has 7 rings (SSSR count). The van der Waals surface area contributed by atoms with E-state index in [1.54, 1.807) is 18.9 Å². The average molecular weight is 747 g/mol. The molecule has 3 amide bonds. The molecule has 53 heavy (non-hydrogen) atoms. The Morgan fingerprint density at radius 2 is 1.83 bits per heavy atom. The number of para-hydroxylation sites is 2. The first-order chi connectivity index (χ1) is 25.4. The van der Waals surface area contributed by atoms with Crippen LogP contribution >= 0.6 is 0 Å². The molecule has 0 spiro atoms. The Morgan fingerprint density at radius 1 is 1.06 bits per heavy atom. The number of carbonyl (C=O) groups excluding carboxylic acids is 3. The summed E-state index contributed by atoms with van der Waals surface area (Å²) in [4.78, 5) is 49.4. The van der Waals surface area contributed by atoms with Crippen molar-refractivity contribution in [2.75, 3.05) is 19.0 Å². The van der Waals surface area contributed by atoms with E-state index in [2.05, 4.69) is 15.4 Å². The van der Waals surface area contributed by atoms with Gasteiger partial charge in [-0.1, -0.05) is 49.3 Å². The molecular formula is C39H50N6O7S. The average Bonchev–Trinajstić information content (AvgIpc) is 3.95. The van der Waals surface area contributed by atoms with Crippen molar-refractivity contribution >= 4 is 44.5 Å². The predicted molar refractivity (Wildman–Crippen MR) is 201 cm³/mol. The van der Waals surface area contributed by atoms with Crippen LogP contribution in [0, 0.1) is 5.92 Å². The molecule has 0 bridgehead atoms. The molecule has 3 aromatic rings. The van der Waals surface area contributed by atoms with E-state index in [1.807, 2.05) is 79.1 Å². The number of fused-ring (bicyclic) bond motifs is 3. The van der Waals surface area contributed by atoms with Crippen LogP contribution in [0.2, 0.25) is 0 Å². The first-order valence-corrected chi connectivity index (χ1v) is 20.2. The first kappa shape index (κ1) is 36.8. The van der Waals surface area contributed by atoms with Crippen molar-refractivity contribution in [2.24, 2.45) is 5.92 Å². The zero-order valence-corrected chi connectivity index (χ0v) is 31.7. The molecule has 1 aromatic heterocycles. The third kappa shape index (κ3) is 7.21. The number of allylic oxidation sites excluding steroid dienone is 1. The van der Waals surface area contributed by atoms with Crippen molar-refractivity contribution in [3.05, 3.63) is 60.7 Å². The molecule has 13 nitrogen and oxygen atoms in total. The molecule has 2 aliphatic carbocycles. The van der Waals surface area contributed by atoms with Gasteiger partial charge < -0.3 is 25.0 Å². The predicted octanol–water partition coefficient (Wildman–Crippen LogP) is 4.85. The molecule has 284 valence electrons. The summed E-state index contributed by atoms with van der Waals surface area (Å²) in [6.07, 6.45) is 8.54. The van der Waals surface area contributed by atoms with Crippen molar-refractivity contribution in [1.29, 1.82) is 0 Å². The molecule has 3 heterocycles. The summed E-state index contributed by atoms with van der Waals surface area (Å²) in [5.41, 5.74) is 0.812. The van der Waals surface area contributed by atoms with Crippen LogP contribution in [0.1, 0.15) is 84.6 Å². The second-order valence-corrected chi connectivity index (χ2v) is 17.6. The minimum atomic E-state index is -3.95. The second kappa shape index (κ2) is 14.3. The number of benzene rings is 2. The molecule has 4 aliphatic rings. The lowest BCUT2D eigenvalue weighted by atomic mass is 10.0. The number of hydrogen-bond acceptors (Lipinski definition) is 9. The molecule has 3 N–H and O–H groups in total. The number of methoxy groups -OCH3 is 1. The highest BCUT2D eigenvalue weighted by Gasteiger charge is 2.63. The molecule has 2 saturated carbocycles. The van der Waals surface area contributed by atoms with Crippen LogP contribution in [-0.2, 0) is 24.4 Å². The number of aromatic nitrogens is 2. The standard InChI is InChI=1S/C39H50N6O7S/c1-25(2)45-30-18-13-19-32(51-4)33(30)41-37(45)52-28-22-31-34(46)42-39(36(48)43-53(49,50)38(3)20-21-38)23-26(39)14-9-6-5-7-12-17-29(35(47)44(31)24-28)40-27-15-10-8-11-16-27/h8-11,13-16,18-19,25-26,28-29,31,40H,5-7,12,17,20-24H2,1-4H3,(H,42,46)(H,43,48)/b14-9-/t26-,28-,29+,31+,39-/m1/s1. The van der Waals surface area contributed by atoms with Crippen LogP contribution < -0.4 is 24.8 Å². The topological polar surface area (TPSA) is 161 Å². The van der Waals surface area contributed by atoms with Gasteiger partial charge in [0.15, 0.2) is 0 Å². The fraction of sp³-hybridized carbons (Fsp3) is 0.538. The fourth-order valence-electron chi connectivity index (χ4n) is 7.65. The maximum atomic E-state index is 14.6. The molecule has 3 fully saturated rings. The van der Waals surface area contributed by atoms with Gasteiger partial charge in [0.1, 0.15) is 35.0 Å². The van der Waals surface area contributed by atoms with Crippen LogP contribution in [0.25, 0.3) is 11.0 Å². The van der Waals surface area contributed by atoms with E-state index in [0.717, 1.165) is 36.9 Å². The van der Waals surface area contributed by atoms with Gasteiger partial charge in [0.25, 0.3) is 11.9 Å². The van der Waals surface area contributed by atoms with E-state index < -0.39 is 50.3 Å². The number of rotatable bonds is 9. The van der Waals surface area contributed by atoms with Crippen molar-refractivity contribution in [2.45, 2.75) is 113 Å². The minimum Gasteiger partial charge on any atom is -0.494 e. The summed E-state index contributed by atoms with van der Waals surface area (Å²) in [5, 5.41) is 6.38. The Labute approximate surface area is 310 Å². The lowest BCUT2D eigenvalue weighted by Crippen LogP contribution is -2.58. The number of amides is 3. The van der Waals surface area contributed by atoms with Crippen LogP contribution in [0.15, 0.2) is 60.7 Å². The maximum Gasteiger partial charge on any atom is 0.298 e. The molecule has 0 radical (unpaired) electrons. The Kier molecular flexibility index (Phi) is 9.94. The van der Waals surface area contributed by atoms with Crippen molar-refractivity contribution in [1.82, 2.24) is 24.5 Å². The summed E-state index contributed by atoms with van der Waals surface area (Å²) < 4.78 is 41.8. The van der Waals surface area contributed by atoms with Gasteiger partial charge in [0, 0.05) is 24.1 Å². The van der Waals surface area contributed by atoms with E-state index in [4.69, 9.17) is 14.5 Å². The third-order valence-corrected chi connectivity index (χ3v) is 13.4. The number of ether oxygens (including phenoxy) is 2. The maximum absolute atomic E-state index is 14.6. The van der Waals surface area contributed by atoms with Crippen molar-refractivity contribution in [3.8, 4) is 11.8 Å². The summed E-state index contributed by atoms with van der Waals surface area (Å²) >= 11 is 0. The highest BCUT2D eigenvalue weighted by molar-refractivity contribution is 7.91. The number of carbonyl (C=O) groups is 3. The van der Waals surface area contributed by atoms with Crippen LogP contribution in [0.4, 0.5) is 5.69 Å². The van der Waals surface area contributed by atoms with E-state index in [9.17, 15) is 22.8 Å². The van der Waals surface area contributed by atoms with Crippen LogP contribution in [0.5, 0.6) is 11.8 Å². The zero-order chi connectivity index (χ0) is 37.5. The van der Waals surface area contributed by atoms with Crippen LogP contribution in [0.3, 0.4) is 0 Å². The van der Waals surface area contributed by atoms with Gasteiger partial charge in [-0.05, 0) is 83.6 Å². The number of hydrogen-bond donors (Lipinski definition) is 3. The Balaban J connectivity index is 1.22. The highest BCUT2D eigenvalue weighted by atomic mass is 32.2. The van der Waals surface area contributed by atoms with E-state index >= 15 is 0 Å². The van der Waals surface area contributed by atoms with Crippen molar-refractivity contribution in [3.63, 3.8) is 0 Å². The number of imidazole rings is 1. The van der Waals surface area contributed by atoms with Gasteiger partial charge in [-0.25, -0.2) is 8.42 Å². The number of sulfonamides is 1. The summed E-state index contributed by atoms with van der Waals surface area (Å²) in [6, 6.07) is 13.9. The summed E-state index contributed by atoms with van der Waals surface area (Å²) in [5.74, 6) is -1.31. The van der Waals surface area contributed by atoms with Crippen molar-refractivity contribution < 1.29 is 32.3 Å². The lowest BCUT2D eigenvalue weighted by molar-refractivity contribution is -0.140. The molecule has 14 heteroatoms. The Bertz CT molecular complexity index is 2010. The first-order valence-electron chi connectivity index (χ1n) is 18.7. The molecular weight excluding hydrogens is 697 g/mol. The van der Waals surface area contributed by atoms with Gasteiger partial charge >= 0.3 is 0 Å². The minimum absolute atomic E-state index is 0.0224. The summed E-state index contributed by atoms with van der Waals surface area (Å²) in [6.45, 7) is 5.78. The Morgan fingerprint density at radius 3 is 2.55 bits per heavy atom. The fourth-order valence-corrected chi connectivity index (χ4v) is 8.96. The van der Waals surface area contributed by atoms with Gasteiger partial charge in [0.05, 0.1) is 23.9 Å².